The predicted molar refractivity (Wildman–Crippen MR) is 82.2 cm³/mol. The molecule has 1 saturated heterocycles. The van der Waals surface area contributed by atoms with E-state index in [0.717, 1.165) is 11.1 Å². The van der Waals surface area contributed by atoms with E-state index >= 15 is 0 Å². The Hall–Kier alpha value is -1.07. The molecule has 0 saturated carbocycles. The highest BCUT2D eigenvalue weighted by molar-refractivity contribution is 7.89. The molecule has 1 aliphatic heterocycles. The zero-order chi connectivity index (χ0) is 15.2. The molecule has 1 heterocycles. The molecular weight excluding hydrogens is 272 g/mol. The fourth-order valence-corrected chi connectivity index (χ4v) is 5.06. The maximum absolute atomic E-state index is 12.9. The molecule has 1 aromatic rings. The van der Waals surface area contributed by atoms with Gasteiger partial charge in [-0.2, -0.15) is 4.31 Å². The Balaban J connectivity index is 2.54. The average molecular weight is 296 g/mol. The van der Waals surface area contributed by atoms with E-state index in [1.807, 2.05) is 19.9 Å². The van der Waals surface area contributed by atoms with Crippen molar-refractivity contribution in [2.75, 3.05) is 18.8 Å². The molecule has 2 unspecified atom stereocenters. The van der Waals surface area contributed by atoms with Crippen LogP contribution in [0.25, 0.3) is 0 Å². The van der Waals surface area contributed by atoms with Gasteiger partial charge in [-0.15, -0.1) is 0 Å². The maximum atomic E-state index is 12.9. The van der Waals surface area contributed by atoms with Crippen molar-refractivity contribution in [3.63, 3.8) is 0 Å². The van der Waals surface area contributed by atoms with Gasteiger partial charge in [0.1, 0.15) is 0 Å². The van der Waals surface area contributed by atoms with Crippen molar-refractivity contribution in [3.05, 3.63) is 22.8 Å². The van der Waals surface area contributed by atoms with Crippen molar-refractivity contribution >= 4 is 15.7 Å². The minimum atomic E-state index is -3.45. The summed E-state index contributed by atoms with van der Waals surface area (Å²) in [6.45, 7) is 10.9. The second-order valence-electron chi connectivity index (χ2n) is 6.15. The van der Waals surface area contributed by atoms with Gasteiger partial charge in [0, 0.05) is 18.8 Å². The molecule has 1 aromatic carbocycles. The van der Waals surface area contributed by atoms with Gasteiger partial charge in [0.05, 0.1) is 4.90 Å². The summed E-state index contributed by atoms with van der Waals surface area (Å²) < 4.78 is 27.4. The summed E-state index contributed by atoms with van der Waals surface area (Å²) >= 11 is 0. The lowest BCUT2D eigenvalue weighted by molar-refractivity contribution is 0.462. The van der Waals surface area contributed by atoms with Crippen LogP contribution in [0.15, 0.2) is 11.0 Å². The third-order valence-corrected chi connectivity index (χ3v) is 6.64. The van der Waals surface area contributed by atoms with Crippen LogP contribution >= 0.6 is 0 Å². The number of hydrogen-bond donors (Lipinski definition) is 1. The molecule has 20 heavy (non-hydrogen) atoms. The molecule has 4 nitrogen and oxygen atoms in total. The van der Waals surface area contributed by atoms with Crippen LogP contribution in [0, 0.1) is 32.6 Å². The van der Waals surface area contributed by atoms with E-state index < -0.39 is 10.0 Å². The highest BCUT2D eigenvalue weighted by atomic mass is 32.2. The van der Waals surface area contributed by atoms with Gasteiger partial charge in [-0.1, -0.05) is 19.9 Å². The number of sulfonamides is 1. The highest BCUT2D eigenvalue weighted by Crippen LogP contribution is 2.33. The van der Waals surface area contributed by atoms with E-state index in [1.54, 1.807) is 11.2 Å². The van der Waals surface area contributed by atoms with E-state index in [2.05, 4.69) is 13.8 Å². The highest BCUT2D eigenvalue weighted by Gasteiger charge is 2.36. The summed E-state index contributed by atoms with van der Waals surface area (Å²) in [6, 6.07) is 1.86. The zero-order valence-electron chi connectivity index (χ0n) is 12.9. The van der Waals surface area contributed by atoms with E-state index in [4.69, 9.17) is 5.73 Å². The molecule has 2 rings (SSSR count). The van der Waals surface area contributed by atoms with Crippen LogP contribution in [0.5, 0.6) is 0 Å². The molecule has 0 spiro atoms. The predicted octanol–water partition coefficient (Wildman–Crippen LogP) is 2.47. The third kappa shape index (κ3) is 2.33. The number of hydrogen-bond acceptors (Lipinski definition) is 3. The van der Waals surface area contributed by atoms with Gasteiger partial charge < -0.3 is 5.73 Å². The third-order valence-electron chi connectivity index (χ3n) is 4.51. The van der Waals surface area contributed by atoms with Crippen molar-refractivity contribution in [3.8, 4) is 0 Å². The van der Waals surface area contributed by atoms with Crippen molar-refractivity contribution < 1.29 is 8.42 Å². The fourth-order valence-electron chi connectivity index (χ4n) is 2.98. The smallest absolute Gasteiger partial charge is 0.243 e. The molecule has 5 heteroatoms. The quantitative estimate of drug-likeness (QED) is 0.853. The standard InChI is InChI=1S/C15H24N2O2S/c1-9-6-10(2)15(13(5)14(9)16)20(18,19)17-7-11(3)12(4)8-17/h6,11-12H,7-8,16H2,1-5H3. The second-order valence-corrected chi connectivity index (χ2v) is 8.03. The van der Waals surface area contributed by atoms with Crippen molar-refractivity contribution in [1.82, 2.24) is 4.31 Å². The summed E-state index contributed by atoms with van der Waals surface area (Å²) in [4.78, 5) is 0.391. The molecular formula is C15H24N2O2S. The minimum Gasteiger partial charge on any atom is -0.398 e. The Morgan fingerprint density at radius 2 is 1.60 bits per heavy atom. The van der Waals surface area contributed by atoms with E-state index in [9.17, 15) is 8.42 Å². The number of rotatable bonds is 2. The van der Waals surface area contributed by atoms with Gasteiger partial charge in [-0.3, -0.25) is 0 Å². The number of nitrogen functional groups attached to an aromatic ring is 1. The Bertz CT molecular complexity index is 628. The Morgan fingerprint density at radius 1 is 1.10 bits per heavy atom. The first-order valence-electron chi connectivity index (χ1n) is 7.02. The van der Waals surface area contributed by atoms with Crippen molar-refractivity contribution in [2.24, 2.45) is 11.8 Å². The first-order valence-corrected chi connectivity index (χ1v) is 8.46. The number of benzene rings is 1. The largest absolute Gasteiger partial charge is 0.398 e. The van der Waals surface area contributed by atoms with Crippen molar-refractivity contribution in [1.29, 1.82) is 0 Å². The zero-order valence-corrected chi connectivity index (χ0v) is 13.7. The molecule has 0 bridgehead atoms. The molecule has 0 radical (unpaired) electrons. The first kappa shape index (κ1) is 15.3. The van der Waals surface area contributed by atoms with Crippen LogP contribution in [0.2, 0.25) is 0 Å². The SMILES string of the molecule is Cc1cc(C)c(S(=O)(=O)N2CC(C)C(C)C2)c(C)c1N. The molecule has 2 N–H and O–H groups in total. The molecule has 0 amide bonds. The van der Waals surface area contributed by atoms with E-state index in [1.165, 1.54) is 0 Å². The van der Waals surface area contributed by atoms with Gasteiger partial charge in [-0.25, -0.2) is 8.42 Å². The lowest BCUT2D eigenvalue weighted by Gasteiger charge is -2.21. The number of anilines is 1. The van der Waals surface area contributed by atoms with E-state index in [0.29, 0.717) is 41.1 Å². The fraction of sp³-hybridized carbons (Fsp3) is 0.600. The summed E-state index contributed by atoms with van der Waals surface area (Å²) in [5, 5.41) is 0. The van der Waals surface area contributed by atoms with Crippen LogP contribution in [-0.4, -0.2) is 25.8 Å². The summed E-state index contributed by atoms with van der Waals surface area (Å²) in [5.41, 5.74) is 8.98. The van der Waals surface area contributed by atoms with Crippen LogP contribution in [-0.2, 0) is 10.0 Å². The average Bonchev–Trinajstić information content (AvgIpc) is 2.67. The minimum absolute atomic E-state index is 0.391. The first-order chi connectivity index (χ1) is 9.16. The molecule has 1 aliphatic rings. The number of nitrogens with zero attached hydrogens (tertiary/aromatic N) is 1. The van der Waals surface area contributed by atoms with Gasteiger partial charge in [0.15, 0.2) is 0 Å². The summed E-state index contributed by atoms with van der Waals surface area (Å²) in [6.07, 6.45) is 0. The van der Waals surface area contributed by atoms with E-state index in [-0.39, 0.29) is 0 Å². The van der Waals surface area contributed by atoms with Crippen molar-refractivity contribution in [2.45, 2.75) is 39.5 Å². The Labute approximate surface area is 122 Å². The molecule has 112 valence electrons. The lowest BCUT2D eigenvalue weighted by atomic mass is 10.0. The van der Waals surface area contributed by atoms with Gasteiger partial charge in [0.25, 0.3) is 0 Å². The van der Waals surface area contributed by atoms with Crippen LogP contribution in [0.1, 0.15) is 30.5 Å². The second kappa shape index (κ2) is 5.04. The molecule has 2 atom stereocenters. The van der Waals surface area contributed by atoms with Crippen LogP contribution in [0.3, 0.4) is 0 Å². The Morgan fingerprint density at radius 3 is 2.10 bits per heavy atom. The molecule has 0 aliphatic carbocycles. The van der Waals surface area contributed by atoms with Gasteiger partial charge in [0.2, 0.25) is 10.0 Å². The topological polar surface area (TPSA) is 63.4 Å². The lowest BCUT2D eigenvalue weighted by Crippen LogP contribution is -2.30. The normalized spacial score (nSPS) is 24.2. The molecule has 1 fully saturated rings. The van der Waals surface area contributed by atoms with Crippen LogP contribution < -0.4 is 5.73 Å². The Kier molecular flexibility index (Phi) is 3.86. The monoisotopic (exact) mass is 296 g/mol. The molecule has 0 aromatic heterocycles. The number of nitrogens with two attached hydrogens (primary N) is 1. The summed E-state index contributed by atoms with van der Waals surface area (Å²) in [5.74, 6) is 0.793. The number of aryl methyl sites for hydroxylation is 2. The summed E-state index contributed by atoms with van der Waals surface area (Å²) in [7, 11) is -3.45. The van der Waals surface area contributed by atoms with Gasteiger partial charge >= 0.3 is 0 Å². The van der Waals surface area contributed by atoms with Gasteiger partial charge in [-0.05, 0) is 49.3 Å². The van der Waals surface area contributed by atoms with Crippen LogP contribution in [0.4, 0.5) is 5.69 Å². The maximum Gasteiger partial charge on any atom is 0.243 e.